The fourth-order valence-corrected chi connectivity index (χ4v) is 9.55. The molecule has 0 spiro atoms. The molecule has 396 valence electrons. The van der Waals surface area contributed by atoms with Crippen molar-refractivity contribution < 1.29 is 67.3 Å². The van der Waals surface area contributed by atoms with Crippen molar-refractivity contribution in [3.05, 3.63) is 47.6 Å². The number of rotatable bonds is 32. The van der Waals surface area contributed by atoms with E-state index in [-0.39, 0.29) is 73.6 Å². The summed E-state index contributed by atoms with van der Waals surface area (Å²) in [5.74, 6) is -1.74. The number of likely N-dealkylation sites (tertiary alicyclic amines) is 1. The number of methoxy groups -OCH3 is 1. The lowest BCUT2D eigenvalue weighted by atomic mass is 9.80. The van der Waals surface area contributed by atoms with E-state index in [1.54, 1.807) is 13.2 Å². The quantitative estimate of drug-likeness (QED) is 0.0226. The first-order valence-corrected chi connectivity index (χ1v) is 26.2. The topological polar surface area (TPSA) is 194 Å². The van der Waals surface area contributed by atoms with Crippen LogP contribution in [0.25, 0.3) is 0 Å². The molecule has 4 aliphatic rings. The summed E-state index contributed by atoms with van der Waals surface area (Å²) >= 11 is 0. The predicted octanol–water partition coefficient (Wildman–Crippen LogP) is 7.19. The Kier molecular flexibility index (Phi) is 27.6. The van der Waals surface area contributed by atoms with Crippen LogP contribution in [0.2, 0.25) is 0 Å². The maximum atomic E-state index is 13.7. The number of hydrogen-bond donors (Lipinski definition) is 2. The molecular formula is C55H87NO14. The van der Waals surface area contributed by atoms with E-state index in [9.17, 15) is 34.2 Å². The minimum absolute atomic E-state index is 0.0378. The van der Waals surface area contributed by atoms with E-state index in [1.165, 1.54) is 4.90 Å². The van der Waals surface area contributed by atoms with Gasteiger partial charge in [-0.05, 0) is 119 Å². The minimum Gasteiger partial charge on any atom is -0.460 e. The van der Waals surface area contributed by atoms with Gasteiger partial charge < -0.3 is 48.3 Å². The smallest absolute Gasteiger partial charge is 0.329 e. The molecule has 1 saturated carbocycles. The van der Waals surface area contributed by atoms with Crippen molar-refractivity contribution in [2.24, 2.45) is 23.7 Å². The molecule has 0 aromatic rings. The second kappa shape index (κ2) is 32.6. The van der Waals surface area contributed by atoms with Crippen LogP contribution in [0.3, 0.4) is 0 Å². The molecule has 15 heteroatoms. The summed E-state index contributed by atoms with van der Waals surface area (Å²) in [4.78, 5) is 66.5. The third-order valence-electron chi connectivity index (χ3n) is 14.3. The van der Waals surface area contributed by atoms with Crippen LogP contribution in [0.5, 0.6) is 0 Å². The van der Waals surface area contributed by atoms with Crippen LogP contribution < -0.4 is 0 Å². The first-order chi connectivity index (χ1) is 33.7. The standard InChI is InChI=1S/C55H87NO14/c1-38(12-8-7-9-13-40(3)52(33-47-24-16-39(2)35-69-47)68-29-27-65-26-28-67-48-36-66-37-48)15-20-45(59)31-51(64-6)41(4)17-21-46(60)32-53(42(5)30-43-18-22-44(58)23-19-43)70-55(63)49-14-10-11-25-56(49)54(62)50(61)34-57/h7-9,12-13,17,38-39,42-44,47-49,51-53,57-58H,10-11,14-16,18-37H2,1-6H3/b9-7+,12-8+,40-13+,41-17+/t38-,39-,42-,43-,44-,47+,49+,51+,52?,53+/m1/s1. The number of ether oxygens (including phenoxy) is 7. The van der Waals surface area contributed by atoms with E-state index < -0.39 is 42.5 Å². The van der Waals surface area contributed by atoms with Gasteiger partial charge in [0.2, 0.25) is 5.78 Å². The SMILES string of the molecule is CO[C@@H](CC(=O)CC[C@H](C)/C=C/C=C/C=C(\C)C(C[C@@H]1CC[C@@H](C)CO1)OCCOCCOC1COC1)/C(C)=C/CC(=O)C[C@H](OC(=O)[C@@H]1CCCCN1C(=O)C(=O)CO)[C@H](C)C[C@H]1CC[C@H](O)CC1. The van der Waals surface area contributed by atoms with E-state index in [0.29, 0.717) is 103 Å². The monoisotopic (exact) mass is 986 g/mol. The highest BCUT2D eigenvalue weighted by Crippen LogP contribution is 2.33. The largest absolute Gasteiger partial charge is 0.460 e. The summed E-state index contributed by atoms with van der Waals surface area (Å²) in [6.07, 6.45) is 20.4. The Labute approximate surface area is 418 Å². The van der Waals surface area contributed by atoms with Crippen molar-refractivity contribution in [2.45, 2.75) is 180 Å². The fourth-order valence-electron chi connectivity index (χ4n) is 9.55. The first-order valence-electron chi connectivity index (χ1n) is 26.2. The number of aliphatic hydroxyl groups is 2. The second-order valence-electron chi connectivity index (χ2n) is 20.4. The van der Waals surface area contributed by atoms with Gasteiger partial charge in [-0.15, -0.1) is 0 Å². The number of esters is 1. The van der Waals surface area contributed by atoms with Gasteiger partial charge >= 0.3 is 5.97 Å². The van der Waals surface area contributed by atoms with Crippen LogP contribution >= 0.6 is 0 Å². The summed E-state index contributed by atoms with van der Waals surface area (Å²) in [6.45, 7) is 13.6. The number of ketones is 3. The van der Waals surface area contributed by atoms with Crippen molar-refractivity contribution in [2.75, 3.05) is 66.5 Å². The van der Waals surface area contributed by atoms with Crippen molar-refractivity contribution in [1.29, 1.82) is 0 Å². The number of aliphatic hydroxyl groups excluding tert-OH is 2. The number of amides is 1. The van der Waals surface area contributed by atoms with Crippen molar-refractivity contribution in [3.8, 4) is 0 Å². The Morgan fingerprint density at radius 3 is 2.26 bits per heavy atom. The van der Waals surface area contributed by atoms with Gasteiger partial charge in [-0.2, -0.15) is 0 Å². The Morgan fingerprint density at radius 2 is 1.57 bits per heavy atom. The summed E-state index contributed by atoms with van der Waals surface area (Å²) in [5, 5.41) is 19.4. The van der Waals surface area contributed by atoms with Crippen molar-refractivity contribution in [3.63, 3.8) is 0 Å². The molecule has 1 unspecified atom stereocenters. The highest BCUT2D eigenvalue weighted by Gasteiger charge is 2.38. The molecule has 4 rings (SSSR count). The lowest BCUT2D eigenvalue weighted by molar-refractivity contribution is -0.166. The third kappa shape index (κ3) is 21.7. The second-order valence-corrected chi connectivity index (χ2v) is 20.4. The van der Waals surface area contributed by atoms with Gasteiger partial charge in [-0.25, -0.2) is 4.79 Å². The van der Waals surface area contributed by atoms with Gasteiger partial charge in [0.05, 0.1) is 64.1 Å². The molecule has 8 atom stereocenters. The maximum Gasteiger partial charge on any atom is 0.329 e. The van der Waals surface area contributed by atoms with Crippen LogP contribution in [0.1, 0.15) is 137 Å². The van der Waals surface area contributed by atoms with Crippen LogP contribution in [0, 0.1) is 23.7 Å². The lowest BCUT2D eigenvalue weighted by Gasteiger charge is -2.36. The number of piperidine rings is 1. The molecule has 15 nitrogen and oxygen atoms in total. The number of nitrogens with zero attached hydrogens (tertiary/aromatic N) is 1. The van der Waals surface area contributed by atoms with E-state index in [0.717, 1.165) is 49.9 Å². The van der Waals surface area contributed by atoms with Gasteiger partial charge in [0.1, 0.15) is 36.4 Å². The summed E-state index contributed by atoms with van der Waals surface area (Å²) in [5.41, 5.74) is 1.88. The Bertz CT molecular complexity index is 1720. The summed E-state index contributed by atoms with van der Waals surface area (Å²) in [6, 6.07) is -0.974. The molecule has 0 aromatic heterocycles. The van der Waals surface area contributed by atoms with E-state index in [1.807, 2.05) is 32.1 Å². The zero-order valence-electron chi connectivity index (χ0n) is 43.2. The van der Waals surface area contributed by atoms with E-state index in [4.69, 9.17) is 33.2 Å². The number of hydrogen-bond acceptors (Lipinski definition) is 14. The van der Waals surface area contributed by atoms with Gasteiger partial charge in [0.15, 0.2) is 0 Å². The fraction of sp³-hybridized carbons (Fsp3) is 0.764. The Balaban J connectivity index is 1.24. The molecule has 70 heavy (non-hydrogen) atoms. The molecule has 3 aliphatic heterocycles. The molecule has 0 radical (unpaired) electrons. The van der Waals surface area contributed by atoms with Crippen LogP contribution in [-0.4, -0.2) is 154 Å². The number of carbonyl (C=O) groups is 5. The van der Waals surface area contributed by atoms with Crippen LogP contribution in [0.4, 0.5) is 0 Å². The van der Waals surface area contributed by atoms with E-state index in [2.05, 4.69) is 32.9 Å². The van der Waals surface area contributed by atoms with Crippen LogP contribution in [-0.2, 0) is 57.1 Å². The zero-order chi connectivity index (χ0) is 50.8. The molecule has 0 bridgehead atoms. The van der Waals surface area contributed by atoms with Gasteiger partial charge in [0.25, 0.3) is 5.91 Å². The number of Topliss-reactive ketones (excluding diaryl/α,β-unsaturated/α-hetero) is 3. The van der Waals surface area contributed by atoms with Crippen molar-refractivity contribution in [1.82, 2.24) is 4.90 Å². The summed E-state index contributed by atoms with van der Waals surface area (Å²) in [7, 11) is 1.55. The van der Waals surface area contributed by atoms with Gasteiger partial charge in [-0.1, -0.05) is 57.2 Å². The van der Waals surface area contributed by atoms with Crippen molar-refractivity contribution >= 4 is 29.2 Å². The maximum absolute atomic E-state index is 13.7. The van der Waals surface area contributed by atoms with Gasteiger partial charge in [-0.3, -0.25) is 19.2 Å². The molecule has 2 N–H and O–H groups in total. The normalized spacial score (nSPS) is 25.0. The van der Waals surface area contributed by atoms with Crippen LogP contribution in [0.15, 0.2) is 47.6 Å². The van der Waals surface area contributed by atoms with E-state index >= 15 is 0 Å². The first kappa shape index (κ1) is 59.2. The molecule has 0 aromatic carbocycles. The molecule has 3 heterocycles. The predicted molar refractivity (Wildman–Crippen MR) is 266 cm³/mol. The average Bonchev–Trinajstić information content (AvgIpc) is 3.34. The Hall–Kier alpha value is -3.41. The molecule has 4 fully saturated rings. The number of carbonyl (C=O) groups excluding carboxylic acids is 5. The highest BCUT2D eigenvalue weighted by atomic mass is 16.6. The zero-order valence-corrected chi connectivity index (χ0v) is 43.2. The lowest BCUT2D eigenvalue weighted by Crippen LogP contribution is -2.52. The Morgan fingerprint density at radius 1 is 0.814 bits per heavy atom. The number of allylic oxidation sites excluding steroid dienone is 6. The average molecular weight is 986 g/mol. The highest BCUT2D eigenvalue weighted by molar-refractivity contribution is 6.37. The molecule has 3 saturated heterocycles. The van der Waals surface area contributed by atoms with Gasteiger partial charge in [0, 0.05) is 52.4 Å². The summed E-state index contributed by atoms with van der Waals surface area (Å²) < 4.78 is 40.8. The molecular weight excluding hydrogens is 899 g/mol. The molecule has 1 aliphatic carbocycles. The minimum atomic E-state index is -0.981. The molecule has 1 amide bonds. The third-order valence-corrected chi connectivity index (χ3v) is 14.3.